The van der Waals surface area contributed by atoms with Crippen molar-refractivity contribution in [1.29, 1.82) is 0 Å². The fourth-order valence-electron chi connectivity index (χ4n) is 5.07. The molecule has 5 heteroatoms. The first-order valence-electron chi connectivity index (χ1n) is 11.8. The van der Waals surface area contributed by atoms with Gasteiger partial charge in [-0.25, -0.2) is 0 Å². The van der Waals surface area contributed by atoms with Crippen molar-refractivity contribution < 1.29 is 9.90 Å². The molecule has 1 aliphatic carbocycles. The molecule has 3 rings (SSSR count). The summed E-state index contributed by atoms with van der Waals surface area (Å²) >= 11 is 0. The molecule has 0 radical (unpaired) electrons. The minimum atomic E-state index is -0.296. The Balaban J connectivity index is 1.72. The summed E-state index contributed by atoms with van der Waals surface area (Å²) in [6.45, 7) is 9.17. The number of carbonyl (C=O) groups excluding carboxylic acids is 1. The lowest BCUT2D eigenvalue weighted by atomic mass is 9.74. The van der Waals surface area contributed by atoms with Crippen LogP contribution < -0.4 is 5.32 Å². The molecule has 1 aliphatic heterocycles. The molecule has 2 N–H and O–H groups in total. The molecule has 0 unspecified atom stereocenters. The van der Waals surface area contributed by atoms with E-state index in [0.29, 0.717) is 18.9 Å². The highest BCUT2D eigenvalue weighted by atomic mass is 16.3. The van der Waals surface area contributed by atoms with Crippen LogP contribution in [-0.4, -0.2) is 72.7 Å². The second-order valence-corrected chi connectivity index (χ2v) is 9.91. The Morgan fingerprint density at radius 1 is 1.13 bits per heavy atom. The normalized spacial score (nSPS) is 29.0. The molecule has 1 amide bonds. The predicted molar refractivity (Wildman–Crippen MR) is 123 cm³/mol. The van der Waals surface area contributed by atoms with E-state index in [4.69, 9.17) is 0 Å². The van der Waals surface area contributed by atoms with Gasteiger partial charge in [-0.15, -0.1) is 0 Å². The summed E-state index contributed by atoms with van der Waals surface area (Å²) < 4.78 is 0. The standard InChI is InChI=1S/C25H41N3O2/c1-20(2)9-10-24(30)26-19-25(21-7-5-4-6-8-21)13-11-22(23(29)12-14-25)28-17-15-27(3)16-18-28/h4-8,20,22-23,29H,9-19H2,1-3H3,(H,26,30)/t22-,23-,25-/m0/s1. The van der Waals surface area contributed by atoms with Crippen LogP contribution in [0.2, 0.25) is 0 Å². The van der Waals surface area contributed by atoms with Crippen molar-refractivity contribution in [2.45, 2.75) is 69.9 Å². The summed E-state index contributed by atoms with van der Waals surface area (Å²) in [5.74, 6) is 0.690. The van der Waals surface area contributed by atoms with E-state index in [1.807, 2.05) is 0 Å². The van der Waals surface area contributed by atoms with Gasteiger partial charge in [0.25, 0.3) is 0 Å². The van der Waals surface area contributed by atoms with Gasteiger partial charge >= 0.3 is 0 Å². The van der Waals surface area contributed by atoms with Crippen molar-refractivity contribution >= 4 is 5.91 Å². The number of aliphatic hydroxyl groups excluding tert-OH is 1. The van der Waals surface area contributed by atoms with E-state index in [0.717, 1.165) is 58.3 Å². The van der Waals surface area contributed by atoms with Crippen molar-refractivity contribution in [3.05, 3.63) is 35.9 Å². The van der Waals surface area contributed by atoms with Gasteiger partial charge in [0.1, 0.15) is 0 Å². The Bertz CT molecular complexity index is 658. The van der Waals surface area contributed by atoms with E-state index >= 15 is 0 Å². The average Bonchev–Trinajstić information content (AvgIpc) is 2.92. The van der Waals surface area contributed by atoms with Crippen molar-refractivity contribution in [3.63, 3.8) is 0 Å². The van der Waals surface area contributed by atoms with Gasteiger partial charge in [0, 0.05) is 50.6 Å². The van der Waals surface area contributed by atoms with Crippen LogP contribution in [0.1, 0.15) is 57.9 Å². The van der Waals surface area contributed by atoms with Crippen LogP contribution in [-0.2, 0) is 10.2 Å². The summed E-state index contributed by atoms with van der Waals surface area (Å²) in [5.41, 5.74) is 1.19. The molecular weight excluding hydrogens is 374 g/mol. The summed E-state index contributed by atoms with van der Waals surface area (Å²) in [6.07, 6.45) is 4.89. The Hall–Kier alpha value is -1.43. The molecule has 2 aliphatic rings. The molecule has 0 bridgehead atoms. The number of piperazine rings is 1. The fourth-order valence-corrected chi connectivity index (χ4v) is 5.07. The van der Waals surface area contributed by atoms with Gasteiger partial charge in [0.2, 0.25) is 5.91 Å². The topological polar surface area (TPSA) is 55.8 Å². The molecule has 1 saturated carbocycles. The molecule has 1 aromatic rings. The maximum atomic E-state index is 12.5. The van der Waals surface area contributed by atoms with E-state index < -0.39 is 0 Å². The zero-order valence-corrected chi connectivity index (χ0v) is 19.1. The zero-order valence-electron chi connectivity index (χ0n) is 19.1. The first-order chi connectivity index (χ1) is 14.4. The molecule has 1 aromatic carbocycles. The van der Waals surface area contributed by atoms with Crippen LogP contribution in [0, 0.1) is 5.92 Å². The molecule has 3 atom stereocenters. The second-order valence-electron chi connectivity index (χ2n) is 9.91. The summed E-state index contributed by atoms with van der Waals surface area (Å²) in [6, 6.07) is 10.9. The number of rotatable bonds is 7. The predicted octanol–water partition coefficient (Wildman–Crippen LogP) is 3.03. The summed E-state index contributed by atoms with van der Waals surface area (Å²) in [5, 5.41) is 14.3. The zero-order chi connectivity index (χ0) is 21.6. The van der Waals surface area contributed by atoms with Crippen LogP contribution in [0.4, 0.5) is 0 Å². The van der Waals surface area contributed by atoms with Gasteiger partial charge in [0.15, 0.2) is 0 Å². The molecule has 1 heterocycles. The molecule has 2 fully saturated rings. The van der Waals surface area contributed by atoms with E-state index in [1.165, 1.54) is 5.56 Å². The largest absolute Gasteiger partial charge is 0.391 e. The maximum Gasteiger partial charge on any atom is 0.220 e. The molecule has 5 nitrogen and oxygen atoms in total. The van der Waals surface area contributed by atoms with Crippen molar-refractivity contribution in [3.8, 4) is 0 Å². The third-order valence-corrected chi connectivity index (χ3v) is 7.25. The van der Waals surface area contributed by atoms with Crippen LogP contribution >= 0.6 is 0 Å². The fraction of sp³-hybridized carbons (Fsp3) is 0.720. The van der Waals surface area contributed by atoms with E-state index in [-0.39, 0.29) is 23.5 Å². The van der Waals surface area contributed by atoms with Gasteiger partial charge in [0.05, 0.1) is 6.10 Å². The SMILES string of the molecule is CC(C)CCC(=O)NC[C@@]1(c2ccccc2)CC[C@H](O)[C@@H](N2CCN(C)CC2)CC1. The van der Waals surface area contributed by atoms with Crippen molar-refractivity contribution in [2.24, 2.45) is 5.92 Å². The Labute approximate surface area is 182 Å². The van der Waals surface area contributed by atoms with Crippen LogP contribution in [0.5, 0.6) is 0 Å². The van der Waals surface area contributed by atoms with Crippen molar-refractivity contribution in [1.82, 2.24) is 15.1 Å². The van der Waals surface area contributed by atoms with Crippen LogP contribution in [0.25, 0.3) is 0 Å². The van der Waals surface area contributed by atoms with E-state index in [2.05, 4.69) is 66.3 Å². The smallest absolute Gasteiger partial charge is 0.220 e. The van der Waals surface area contributed by atoms with Crippen LogP contribution in [0.15, 0.2) is 30.3 Å². The minimum Gasteiger partial charge on any atom is -0.391 e. The number of aliphatic hydroxyl groups is 1. The molecule has 0 aromatic heterocycles. The Kier molecular flexibility index (Phi) is 8.32. The second kappa shape index (κ2) is 10.7. The summed E-state index contributed by atoms with van der Waals surface area (Å²) in [4.78, 5) is 17.3. The number of nitrogens with zero attached hydrogens (tertiary/aromatic N) is 2. The highest BCUT2D eigenvalue weighted by molar-refractivity contribution is 5.76. The monoisotopic (exact) mass is 415 g/mol. The first kappa shape index (κ1) is 23.2. The number of nitrogens with one attached hydrogen (secondary N) is 1. The molecule has 168 valence electrons. The van der Waals surface area contributed by atoms with Gasteiger partial charge in [-0.05, 0) is 50.6 Å². The summed E-state index contributed by atoms with van der Waals surface area (Å²) in [7, 11) is 2.17. The van der Waals surface area contributed by atoms with Gasteiger partial charge in [-0.2, -0.15) is 0 Å². The molecular formula is C25H41N3O2. The lowest BCUT2D eigenvalue weighted by Gasteiger charge is -2.39. The van der Waals surface area contributed by atoms with Gasteiger partial charge in [-0.3, -0.25) is 9.69 Å². The minimum absolute atomic E-state index is 0.100. The molecule has 0 spiro atoms. The highest BCUT2D eigenvalue weighted by Gasteiger charge is 2.40. The lowest BCUT2D eigenvalue weighted by molar-refractivity contribution is -0.121. The number of benzene rings is 1. The number of hydrogen-bond acceptors (Lipinski definition) is 4. The van der Waals surface area contributed by atoms with Gasteiger partial charge in [-0.1, -0.05) is 44.2 Å². The number of amides is 1. The first-order valence-corrected chi connectivity index (χ1v) is 11.8. The maximum absolute atomic E-state index is 12.5. The molecule has 30 heavy (non-hydrogen) atoms. The van der Waals surface area contributed by atoms with E-state index in [1.54, 1.807) is 0 Å². The Morgan fingerprint density at radius 3 is 2.47 bits per heavy atom. The third kappa shape index (κ3) is 6.05. The van der Waals surface area contributed by atoms with E-state index in [9.17, 15) is 9.90 Å². The quantitative estimate of drug-likeness (QED) is 0.672. The lowest BCUT2D eigenvalue weighted by Crippen LogP contribution is -2.52. The van der Waals surface area contributed by atoms with Gasteiger partial charge < -0.3 is 15.3 Å². The Morgan fingerprint density at radius 2 is 1.80 bits per heavy atom. The third-order valence-electron chi connectivity index (χ3n) is 7.25. The number of carbonyl (C=O) groups is 1. The van der Waals surface area contributed by atoms with Crippen molar-refractivity contribution in [2.75, 3.05) is 39.8 Å². The highest BCUT2D eigenvalue weighted by Crippen LogP contribution is 2.39. The average molecular weight is 416 g/mol. The molecule has 1 saturated heterocycles. The van der Waals surface area contributed by atoms with Crippen LogP contribution in [0.3, 0.4) is 0 Å². The number of hydrogen-bond donors (Lipinski definition) is 2. The number of likely N-dealkylation sites (N-methyl/N-ethyl adjacent to an activating group) is 1.